The molecular weight excluding hydrogens is 415 g/mol. The highest BCUT2D eigenvalue weighted by atomic mass is 19.4. The van der Waals surface area contributed by atoms with Crippen LogP contribution in [0.4, 0.5) is 13.2 Å². The van der Waals surface area contributed by atoms with Crippen LogP contribution in [0.2, 0.25) is 0 Å². The van der Waals surface area contributed by atoms with Crippen molar-refractivity contribution in [1.82, 2.24) is 5.32 Å². The molecule has 2 aromatic rings. The highest BCUT2D eigenvalue weighted by Crippen LogP contribution is 2.30. The molecule has 0 aliphatic carbocycles. The molecule has 0 saturated carbocycles. The largest absolute Gasteiger partial charge is 0.490 e. The van der Waals surface area contributed by atoms with Crippen molar-refractivity contribution >= 4 is 11.7 Å². The van der Waals surface area contributed by atoms with Crippen molar-refractivity contribution in [3.05, 3.63) is 53.6 Å². The van der Waals surface area contributed by atoms with Crippen LogP contribution in [0.25, 0.3) is 0 Å². The molecule has 1 aliphatic rings. The Labute approximate surface area is 177 Å². The van der Waals surface area contributed by atoms with Crippen molar-refractivity contribution in [1.29, 1.82) is 0 Å². The number of halogens is 3. The van der Waals surface area contributed by atoms with Gasteiger partial charge in [-0.2, -0.15) is 13.2 Å². The summed E-state index contributed by atoms with van der Waals surface area (Å²) in [6.07, 6.45) is -3.58. The van der Waals surface area contributed by atoms with E-state index < -0.39 is 12.8 Å². The van der Waals surface area contributed by atoms with E-state index in [4.69, 9.17) is 9.47 Å². The van der Waals surface area contributed by atoms with Gasteiger partial charge in [0.25, 0.3) is 0 Å². The Hall–Kier alpha value is -3.23. The number of fused-ring (bicyclic) bond motifs is 1. The van der Waals surface area contributed by atoms with Gasteiger partial charge in [0.15, 0.2) is 23.9 Å². The molecule has 6 nitrogen and oxygen atoms in total. The Morgan fingerprint density at radius 3 is 2.39 bits per heavy atom. The third-order valence-corrected chi connectivity index (χ3v) is 4.46. The van der Waals surface area contributed by atoms with Crippen molar-refractivity contribution in [3.63, 3.8) is 0 Å². The summed E-state index contributed by atoms with van der Waals surface area (Å²) < 4.78 is 52.2. The second-order valence-corrected chi connectivity index (χ2v) is 6.96. The Bertz CT molecular complexity index is 912. The fourth-order valence-corrected chi connectivity index (χ4v) is 2.87. The molecule has 1 aliphatic heterocycles. The quantitative estimate of drug-likeness (QED) is 0.631. The van der Waals surface area contributed by atoms with Gasteiger partial charge in [-0.25, -0.2) is 0 Å². The third kappa shape index (κ3) is 7.20. The molecule has 0 bridgehead atoms. The summed E-state index contributed by atoms with van der Waals surface area (Å²) in [5.74, 6) is 0.724. The normalized spacial score (nSPS) is 13.3. The van der Waals surface area contributed by atoms with Gasteiger partial charge < -0.3 is 19.5 Å². The molecule has 0 radical (unpaired) electrons. The summed E-state index contributed by atoms with van der Waals surface area (Å²) in [4.78, 5) is 24.4. The van der Waals surface area contributed by atoms with E-state index in [9.17, 15) is 22.8 Å². The van der Waals surface area contributed by atoms with E-state index in [0.29, 0.717) is 35.8 Å². The van der Waals surface area contributed by atoms with E-state index in [1.807, 2.05) is 0 Å². The predicted octanol–water partition coefficient (Wildman–Crippen LogP) is 4.07. The predicted molar refractivity (Wildman–Crippen MR) is 105 cm³/mol. The molecule has 0 aromatic heterocycles. The molecule has 1 amide bonds. The van der Waals surface area contributed by atoms with Crippen LogP contribution in [0.3, 0.4) is 0 Å². The first-order valence-corrected chi connectivity index (χ1v) is 9.78. The molecular formula is C22H22F3NO5. The first kappa shape index (κ1) is 22.5. The maximum atomic E-state index is 12.4. The van der Waals surface area contributed by atoms with Gasteiger partial charge in [0.2, 0.25) is 5.91 Å². The number of alkyl halides is 3. The maximum Gasteiger partial charge on any atom is 0.422 e. The summed E-state index contributed by atoms with van der Waals surface area (Å²) in [6, 6.07) is 10.9. The highest BCUT2D eigenvalue weighted by Gasteiger charge is 2.28. The van der Waals surface area contributed by atoms with E-state index in [-0.39, 0.29) is 36.8 Å². The number of benzene rings is 2. The van der Waals surface area contributed by atoms with Crippen molar-refractivity contribution in [2.45, 2.75) is 32.0 Å². The minimum atomic E-state index is -4.40. The summed E-state index contributed by atoms with van der Waals surface area (Å²) in [7, 11) is 0. The first-order valence-electron chi connectivity index (χ1n) is 9.78. The molecule has 0 atom stereocenters. The molecule has 0 saturated heterocycles. The van der Waals surface area contributed by atoms with Crippen molar-refractivity contribution in [3.8, 4) is 17.2 Å². The highest BCUT2D eigenvalue weighted by molar-refractivity contribution is 5.98. The van der Waals surface area contributed by atoms with Gasteiger partial charge in [0, 0.05) is 31.4 Å². The van der Waals surface area contributed by atoms with E-state index in [1.165, 1.54) is 12.1 Å². The zero-order chi connectivity index (χ0) is 22.3. The molecule has 31 heavy (non-hydrogen) atoms. The number of carbonyl (C=O) groups excluding carboxylic acids is 2. The molecule has 2 aromatic carbocycles. The van der Waals surface area contributed by atoms with Gasteiger partial charge in [-0.3, -0.25) is 9.59 Å². The van der Waals surface area contributed by atoms with Crippen LogP contribution in [-0.4, -0.2) is 37.7 Å². The van der Waals surface area contributed by atoms with Gasteiger partial charge in [0.05, 0.1) is 13.2 Å². The lowest BCUT2D eigenvalue weighted by atomic mass is 10.1. The number of ketones is 1. The molecule has 9 heteroatoms. The van der Waals surface area contributed by atoms with Crippen LogP contribution in [0.1, 0.15) is 35.2 Å². The molecule has 0 fully saturated rings. The molecule has 0 unspecified atom stereocenters. The first-order chi connectivity index (χ1) is 14.8. The molecule has 0 spiro atoms. The second kappa shape index (κ2) is 10.2. The zero-order valence-corrected chi connectivity index (χ0v) is 16.7. The van der Waals surface area contributed by atoms with Crippen LogP contribution in [0.5, 0.6) is 17.2 Å². The van der Waals surface area contributed by atoms with Gasteiger partial charge >= 0.3 is 6.18 Å². The Balaban J connectivity index is 1.43. The van der Waals surface area contributed by atoms with Gasteiger partial charge in [-0.1, -0.05) is 12.1 Å². The van der Waals surface area contributed by atoms with E-state index in [2.05, 4.69) is 10.1 Å². The number of amides is 1. The van der Waals surface area contributed by atoms with Gasteiger partial charge in [-0.05, 0) is 35.9 Å². The van der Waals surface area contributed by atoms with Crippen molar-refractivity contribution in [2.75, 3.05) is 19.8 Å². The molecule has 1 N–H and O–H groups in total. The fraction of sp³-hybridized carbons (Fsp3) is 0.364. The minimum Gasteiger partial charge on any atom is -0.490 e. The number of ether oxygens (including phenoxy) is 3. The number of Topliss-reactive ketones (excluding diaryl/α,β-unsaturated/α-hetero) is 1. The van der Waals surface area contributed by atoms with Crippen LogP contribution < -0.4 is 19.5 Å². The fourth-order valence-electron chi connectivity index (χ4n) is 2.87. The summed E-state index contributed by atoms with van der Waals surface area (Å²) >= 11 is 0. The third-order valence-electron chi connectivity index (χ3n) is 4.46. The minimum absolute atomic E-state index is 0.0139. The monoisotopic (exact) mass is 437 g/mol. The maximum absolute atomic E-state index is 12.4. The molecule has 1 heterocycles. The zero-order valence-electron chi connectivity index (χ0n) is 16.7. The van der Waals surface area contributed by atoms with Crippen LogP contribution in [-0.2, 0) is 11.3 Å². The number of hydrogen-bond acceptors (Lipinski definition) is 5. The Morgan fingerprint density at radius 1 is 0.968 bits per heavy atom. The topological polar surface area (TPSA) is 73.9 Å². The van der Waals surface area contributed by atoms with Crippen molar-refractivity contribution in [2.24, 2.45) is 0 Å². The van der Waals surface area contributed by atoms with Gasteiger partial charge in [-0.15, -0.1) is 0 Å². The average molecular weight is 437 g/mol. The van der Waals surface area contributed by atoms with E-state index >= 15 is 0 Å². The number of carbonyl (C=O) groups is 2. The van der Waals surface area contributed by atoms with E-state index in [0.717, 1.165) is 6.42 Å². The summed E-state index contributed by atoms with van der Waals surface area (Å²) in [6.45, 7) is -0.0939. The lowest BCUT2D eigenvalue weighted by molar-refractivity contribution is -0.153. The van der Waals surface area contributed by atoms with Crippen LogP contribution in [0, 0.1) is 0 Å². The summed E-state index contributed by atoms with van der Waals surface area (Å²) in [5, 5.41) is 2.68. The SMILES string of the molecule is O=C(CCC(=O)c1ccc2c(c1)OCCCO2)NCc1ccc(OCC(F)(F)F)cc1. The smallest absolute Gasteiger partial charge is 0.422 e. The number of hydrogen-bond donors (Lipinski definition) is 1. The van der Waals surface area contributed by atoms with E-state index in [1.54, 1.807) is 30.3 Å². The van der Waals surface area contributed by atoms with Crippen LogP contribution in [0.15, 0.2) is 42.5 Å². The molecule has 3 rings (SSSR count). The van der Waals surface area contributed by atoms with Crippen LogP contribution >= 0.6 is 0 Å². The number of nitrogens with one attached hydrogen (secondary N) is 1. The van der Waals surface area contributed by atoms with Gasteiger partial charge in [0.1, 0.15) is 5.75 Å². The molecule has 166 valence electrons. The lowest BCUT2D eigenvalue weighted by Crippen LogP contribution is -2.23. The second-order valence-electron chi connectivity index (χ2n) is 6.96. The Morgan fingerprint density at radius 2 is 1.68 bits per heavy atom. The number of rotatable bonds is 8. The lowest BCUT2D eigenvalue weighted by Gasteiger charge is -2.10. The Kier molecular flexibility index (Phi) is 7.38. The average Bonchev–Trinajstić information content (AvgIpc) is 2.99. The van der Waals surface area contributed by atoms with Crippen molar-refractivity contribution < 1.29 is 37.0 Å². The summed E-state index contributed by atoms with van der Waals surface area (Å²) in [5.41, 5.74) is 1.15. The standard InChI is InChI=1S/C22H22F3NO5/c23-22(24,25)14-31-17-5-2-15(3-6-17)13-26-21(28)9-7-18(27)16-4-8-19-20(12-16)30-11-1-10-29-19/h2-6,8,12H,1,7,9-11,13-14H2,(H,26,28).